The summed E-state index contributed by atoms with van der Waals surface area (Å²) >= 11 is 0. The van der Waals surface area contributed by atoms with Crippen molar-refractivity contribution in [3.8, 4) is 0 Å². The van der Waals surface area contributed by atoms with Gasteiger partial charge in [0.25, 0.3) is 0 Å². The van der Waals surface area contributed by atoms with E-state index in [4.69, 9.17) is 0 Å². The molecule has 0 fully saturated rings. The first kappa shape index (κ1) is 14.7. The number of nitrogens with zero attached hydrogens (tertiary/aromatic N) is 2. The Morgan fingerprint density at radius 1 is 1.11 bits per heavy atom. The molecule has 0 aromatic carbocycles. The normalized spacial score (nSPS) is 12.6. The summed E-state index contributed by atoms with van der Waals surface area (Å²) in [4.78, 5) is 9.16. The maximum Gasteiger partial charge on any atom is 0.134 e. The Kier molecular flexibility index (Phi) is 5.38. The predicted octanol–water partition coefficient (Wildman–Crippen LogP) is 3.24. The molecular weight excluding hydrogens is 224 g/mol. The lowest BCUT2D eigenvalue weighted by molar-refractivity contribution is 0.557. The molecule has 0 aliphatic carbocycles. The second-order valence-electron chi connectivity index (χ2n) is 5.14. The highest BCUT2D eigenvalue weighted by Gasteiger charge is 2.13. The van der Waals surface area contributed by atoms with Gasteiger partial charge in [-0.1, -0.05) is 20.8 Å². The Hall–Kier alpha value is -1.32. The van der Waals surface area contributed by atoms with E-state index in [9.17, 15) is 0 Å². The lowest BCUT2D eigenvalue weighted by Crippen LogP contribution is -2.23. The molecular formula is C14H26N4. The van der Waals surface area contributed by atoms with Crippen LogP contribution in [0, 0.1) is 12.8 Å². The first-order chi connectivity index (χ1) is 8.49. The molecule has 4 nitrogen and oxygen atoms in total. The second-order valence-corrected chi connectivity index (χ2v) is 5.14. The molecule has 1 rings (SSSR count). The average molecular weight is 250 g/mol. The van der Waals surface area contributed by atoms with Crippen molar-refractivity contribution in [3.63, 3.8) is 0 Å². The molecule has 0 saturated heterocycles. The van der Waals surface area contributed by atoms with Crippen molar-refractivity contribution in [1.82, 2.24) is 9.97 Å². The standard InChI is InChI=1S/C14H26N4/c1-7-8-12-17-13(15-6)10(4)14(18-12)16-11(5)9(2)3/h9,11H,7-8H2,1-6H3,(H2,15,16,17,18). The van der Waals surface area contributed by atoms with Crippen LogP contribution >= 0.6 is 0 Å². The fourth-order valence-electron chi connectivity index (χ4n) is 1.66. The fraction of sp³-hybridized carbons (Fsp3) is 0.714. The molecule has 1 unspecified atom stereocenters. The van der Waals surface area contributed by atoms with Crippen molar-refractivity contribution >= 4 is 11.6 Å². The van der Waals surface area contributed by atoms with Crippen molar-refractivity contribution < 1.29 is 0 Å². The predicted molar refractivity (Wildman–Crippen MR) is 78.2 cm³/mol. The van der Waals surface area contributed by atoms with Crippen LogP contribution in [0.15, 0.2) is 0 Å². The number of rotatable bonds is 6. The summed E-state index contributed by atoms with van der Waals surface area (Å²) in [6, 6.07) is 0.401. The molecule has 0 spiro atoms. The van der Waals surface area contributed by atoms with Crippen molar-refractivity contribution in [2.24, 2.45) is 5.92 Å². The van der Waals surface area contributed by atoms with Gasteiger partial charge in [-0.2, -0.15) is 0 Å². The maximum absolute atomic E-state index is 4.63. The molecule has 0 saturated carbocycles. The number of hydrogen-bond donors (Lipinski definition) is 2. The number of anilines is 2. The topological polar surface area (TPSA) is 49.8 Å². The second kappa shape index (κ2) is 6.57. The van der Waals surface area contributed by atoms with E-state index >= 15 is 0 Å². The van der Waals surface area contributed by atoms with Crippen LogP contribution in [0.2, 0.25) is 0 Å². The Labute approximate surface area is 111 Å². The van der Waals surface area contributed by atoms with Crippen LogP contribution in [0.3, 0.4) is 0 Å². The van der Waals surface area contributed by atoms with E-state index in [1.54, 1.807) is 0 Å². The maximum atomic E-state index is 4.63. The molecule has 4 heteroatoms. The van der Waals surface area contributed by atoms with Gasteiger partial charge in [0.05, 0.1) is 0 Å². The summed E-state index contributed by atoms with van der Waals surface area (Å²) in [6.45, 7) is 10.8. The monoisotopic (exact) mass is 250 g/mol. The van der Waals surface area contributed by atoms with Crippen molar-refractivity contribution in [2.75, 3.05) is 17.7 Å². The molecule has 1 aromatic heterocycles. The number of aromatic nitrogens is 2. The SMILES string of the molecule is CCCc1nc(NC)c(C)c(NC(C)C(C)C)n1. The molecule has 0 aliphatic rings. The van der Waals surface area contributed by atoms with Crippen LogP contribution in [-0.2, 0) is 6.42 Å². The van der Waals surface area contributed by atoms with Crippen LogP contribution in [0.1, 0.15) is 45.5 Å². The molecule has 0 amide bonds. The Morgan fingerprint density at radius 3 is 2.22 bits per heavy atom. The molecule has 1 aromatic rings. The Bertz CT molecular complexity index is 388. The summed E-state index contributed by atoms with van der Waals surface area (Å²) in [5.41, 5.74) is 1.09. The highest BCUT2D eigenvalue weighted by Crippen LogP contribution is 2.21. The van der Waals surface area contributed by atoms with Crippen LogP contribution in [-0.4, -0.2) is 23.1 Å². The minimum absolute atomic E-state index is 0.401. The summed E-state index contributed by atoms with van der Waals surface area (Å²) in [5.74, 6) is 3.36. The summed E-state index contributed by atoms with van der Waals surface area (Å²) < 4.78 is 0. The summed E-state index contributed by atoms with van der Waals surface area (Å²) in [6.07, 6.45) is 1.98. The van der Waals surface area contributed by atoms with Gasteiger partial charge in [-0.25, -0.2) is 9.97 Å². The van der Waals surface area contributed by atoms with Crippen LogP contribution in [0.4, 0.5) is 11.6 Å². The van der Waals surface area contributed by atoms with Gasteiger partial charge in [0.15, 0.2) is 0 Å². The molecule has 0 radical (unpaired) electrons. The van der Waals surface area contributed by atoms with E-state index in [2.05, 4.69) is 55.2 Å². The lowest BCUT2D eigenvalue weighted by Gasteiger charge is -2.21. The highest BCUT2D eigenvalue weighted by molar-refractivity contribution is 5.57. The average Bonchev–Trinajstić information content (AvgIpc) is 2.33. The third-order valence-corrected chi connectivity index (χ3v) is 3.27. The summed E-state index contributed by atoms with van der Waals surface area (Å²) in [5, 5.41) is 6.64. The van der Waals surface area contributed by atoms with Crippen LogP contribution in [0.5, 0.6) is 0 Å². The largest absolute Gasteiger partial charge is 0.373 e. The van der Waals surface area contributed by atoms with E-state index in [-0.39, 0.29) is 0 Å². The van der Waals surface area contributed by atoms with E-state index in [1.165, 1.54) is 0 Å². The van der Waals surface area contributed by atoms with Crippen molar-refractivity contribution in [3.05, 3.63) is 11.4 Å². The lowest BCUT2D eigenvalue weighted by atomic mass is 10.1. The highest BCUT2D eigenvalue weighted by atomic mass is 15.1. The van der Waals surface area contributed by atoms with Gasteiger partial charge < -0.3 is 10.6 Å². The van der Waals surface area contributed by atoms with Gasteiger partial charge in [-0.15, -0.1) is 0 Å². The molecule has 0 bridgehead atoms. The zero-order valence-corrected chi connectivity index (χ0v) is 12.5. The quantitative estimate of drug-likeness (QED) is 0.814. The number of aryl methyl sites for hydroxylation is 1. The molecule has 102 valence electrons. The molecule has 0 aliphatic heterocycles. The minimum Gasteiger partial charge on any atom is -0.373 e. The van der Waals surface area contributed by atoms with Crippen molar-refractivity contribution in [2.45, 2.75) is 53.5 Å². The first-order valence-corrected chi connectivity index (χ1v) is 6.81. The smallest absolute Gasteiger partial charge is 0.134 e. The van der Waals surface area contributed by atoms with Gasteiger partial charge in [0.2, 0.25) is 0 Å². The summed E-state index contributed by atoms with van der Waals surface area (Å²) in [7, 11) is 1.90. The van der Waals surface area contributed by atoms with E-state index in [0.29, 0.717) is 12.0 Å². The van der Waals surface area contributed by atoms with Crippen LogP contribution < -0.4 is 10.6 Å². The zero-order chi connectivity index (χ0) is 13.7. The van der Waals surface area contributed by atoms with Gasteiger partial charge in [0.1, 0.15) is 17.5 Å². The van der Waals surface area contributed by atoms with E-state index in [1.807, 2.05) is 7.05 Å². The Morgan fingerprint density at radius 2 is 1.72 bits per heavy atom. The first-order valence-electron chi connectivity index (χ1n) is 6.81. The van der Waals surface area contributed by atoms with E-state index < -0.39 is 0 Å². The fourth-order valence-corrected chi connectivity index (χ4v) is 1.66. The number of nitrogens with one attached hydrogen (secondary N) is 2. The van der Waals surface area contributed by atoms with Crippen LogP contribution in [0.25, 0.3) is 0 Å². The molecule has 1 atom stereocenters. The van der Waals surface area contributed by atoms with E-state index in [0.717, 1.165) is 35.9 Å². The van der Waals surface area contributed by atoms with Crippen molar-refractivity contribution in [1.29, 1.82) is 0 Å². The zero-order valence-electron chi connectivity index (χ0n) is 12.5. The third kappa shape index (κ3) is 3.59. The van der Waals surface area contributed by atoms with Gasteiger partial charge >= 0.3 is 0 Å². The van der Waals surface area contributed by atoms with Gasteiger partial charge in [-0.3, -0.25) is 0 Å². The number of hydrogen-bond acceptors (Lipinski definition) is 4. The minimum atomic E-state index is 0.401. The Balaban J connectivity index is 3.04. The molecule has 2 N–H and O–H groups in total. The van der Waals surface area contributed by atoms with Gasteiger partial charge in [0, 0.05) is 25.1 Å². The molecule has 1 heterocycles. The molecule has 18 heavy (non-hydrogen) atoms. The van der Waals surface area contributed by atoms with Gasteiger partial charge in [-0.05, 0) is 26.2 Å². The third-order valence-electron chi connectivity index (χ3n) is 3.27.